The Morgan fingerprint density at radius 3 is 3.00 bits per heavy atom. The number of nitrogens with one attached hydrogen (secondary N) is 2. The fraction of sp³-hybridized carbons (Fsp3) is 0.643. The van der Waals surface area contributed by atoms with Gasteiger partial charge in [-0.05, 0) is 57.0 Å². The molecule has 0 saturated carbocycles. The zero-order chi connectivity index (χ0) is 13.2. The van der Waals surface area contributed by atoms with Gasteiger partial charge in [0.1, 0.15) is 0 Å². The monoisotopic (exact) mass is 266 g/mol. The van der Waals surface area contributed by atoms with Crippen LogP contribution in [0.3, 0.4) is 0 Å². The van der Waals surface area contributed by atoms with E-state index in [0.717, 1.165) is 6.42 Å². The highest BCUT2D eigenvalue weighted by Crippen LogP contribution is 2.33. The molecule has 0 radical (unpaired) electrons. The summed E-state index contributed by atoms with van der Waals surface area (Å²) in [7, 11) is 0. The Kier molecular flexibility index (Phi) is 4.07. The molecule has 1 aromatic rings. The number of hydrogen-bond acceptors (Lipinski definition) is 3. The Morgan fingerprint density at radius 1 is 1.50 bits per heavy atom. The van der Waals surface area contributed by atoms with Crippen molar-refractivity contribution in [3.8, 4) is 0 Å². The zero-order valence-electron chi connectivity index (χ0n) is 11.4. The maximum absolute atomic E-state index is 11.9. The summed E-state index contributed by atoms with van der Waals surface area (Å²) in [5, 5.41) is 8.49. The maximum Gasteiger partial charge on any atom is 0.234 e. The summed E-state index contributed by atoms with van der Waals surface area (Å²) in [5.41, 5.74) is 1.31. The SMILES string of the molecule is CC(C)(C)NCC(=O)NC1CCCc2sccc21. The molecule has 1 aliphatic rings. The fourth-order valence-corrected chi connectivity index (χ4v) is 3.21. The highest BCUT2D eigenvalue weighted by molar-refractivity contribution is 7.10. The predicted octanol–water partition coefficient (Wildman–Crippen LogP) is 2.63. The molecule has 0 fully saturated rings. The van der Waals surface area contributed by atoms with Gasteiger partial charge >= 0.3 is 0 Å². The van der Waals surface area contributed by atoms with Crippen LogP contribution in [-0.4, -0.2) is 18.0 Å². The summed E-state index contributed by atoms with van der Waals surface area (Å²) in [5.74, 6) is 0.0916. The van der Waals surface area contributed by atoms with Crippen LogP contribution >= 0.6 is 11.3 Å². The van der Waals surface area contributed by atoms with Gasteiger partial charge in [0.2, 0.25) is 5.91 Å². The third-order valence-corrected chi connectivity index (χ3v) is 4.16. The second-order valence-electron chi connectivity index (χ2n) is 5.92. The van der Waals surface area contributed by atoms with Crippen LogP contribution in [0.4, 0.5) is 0 Å². The lowest BCUT2D eigenvalue weighted by Gasteiger charge is -2.25. The van der Waals surface area contributed by atoms with Crippen LogP contribution in [0.2, 0.25) is 0 Å². The van der Waals surface area contributed by atoms with Crippen LogP contribution in [0.1, 0.15) is 50.1 Å². The largest absolute Gasteiger partial charge is 0.348 e. The van der Waals surface area contributed by atoms with E-state index in [2.05, 4.69) is 42.9 Å². The Labute approximate surface area is 113 Å². The van der Waals surface area contributed by atoms with Crippen molar-refractivity contribution in [1.82, 2.24) is 10.6 Å². The Balaban J connectivity index is 1.90. The van der Waals surface area contributed by atoms with E-state index < -0.39 is 0 Å². The Hall–Kier alpha value is -0.870. The van der Waals surface area contributed by atoms with E-state index in [1.54, 1.807) is 11.3 Å². The topological polar surface area (TPSA) is 41.1 Å². The first-order valence-electron chi connectivity index (χ1n) is 6.56. The molecule has 1 aliphatic carbocycles. The third-order valence-electron chi connectivity index (χ3n) is 3.17. The number of fused-ring (bicyclic) bond motifs is 1. The fourth-order valence-electron chi connectivity index (χ4n) is 2.23. The molecule has 18 heavy (non-hydrogen) atoms. The number of aryl methyl sites for hydroxylation is 1. The van der Waals surface area contributed by atoms with E-state index in [9.17, 15) is 4.79 Å². The van der Waals surface area contributed by atoms with Crippen molar-refractivity contribution in [2.24, 2.45) is 0 Å². The first-order chi connectivity index (χ1) is 8.46. The van der Waals surface area contributed by atoms with Gasteiger partial charge in [-0.2, -0.15) is 0 Å². The first kappa shape index (κ1) is 13.6. The first-order valence-corrected chi connectivity index (χ1v) is 7.44. The molecule has 0 saturated heterocycles. The third kappa shape index (κ3) is 3.56. The highest BCUT2D eigenvalue weighted by atomic mass is 32.1. The molecule has 4 heteroatoms. The molecule has 1 unspecified atom stereocenters. The van der Waals surface area contributed by atoms with Crippen molar-refractivity contribution in [2.75, 3.05) is 6.54 Å². The minimum Gasteiger partial charge on any atom is -0.348 e. The van der Waals surface area contributed by atoms with Gasteiger partial charge in [0.05, 0.1) is 12.6 Å². The second-order valence-corrected chi connectivity index (χ2v) is 6.92. The summed E-state index contributed by atoms with van der Waals surface area (Å²) < 4.78 is 0. The van der Waals surface area contributed by atoms with Gasteiger partial charge in [-0.3, -0.25) is 4.79 Å². The molecule has 1 atom stereocenters. The van der Waals surface area contributed by atoms with Crippen molar-refractivity contribution in [2.45, 2.75) is 51.6 Å². The molecule has 1 aromatic heterocycles. The molecule has 3 nitrogen and oxygen atoms in total. The molecule has 100 valence electrons. The lowest BCUT2D eigenvalue weighted by atomic mass is 9.94. The predicted molar refractivity (Wildman–Crippen MR) is 75.9 cm³/mol. The standard InChI is InChI=1S/C14H22N2OS/c1-14(2,3)15-9-13(17)16-11-5-4-6-12-10(11)7-8-18-12/h7-8,11,15H,4-6,9H2,1-3H3,(H,16,17). The van der Waals surface area contributed by atoms with E-state index in [1.807, 2.05) is 0 Å². The second kappa shape index (κ2) is 5.41. The van der Waals surface area contributed by atoms with Crippen LogP contribution < -0.4 is 10.6 Å². The van der Waals surface area contributed by atoms with Crippen molar-refractivity contribution >= 4 is 17.2 Å². The quantitative estimate of drug-likeness (QED) is 0.883. The van der Waals surface area contributed by atoms with E-state index in [-0.39, 0.29) is 17.5 Å². The average molecular weight is 266 g/mol. The molecule has 1 amide bonds. The molecule has 0 aromatic carbocycles. The van der Waals surface area contributed by atoms with Gasteiger partial charge < -0.3 is 10.6 Å². The lowest BCUT2D eigenvalue weighted by molar-refractivity contribution is -0.121. The van der Waals surface area contributed by atoms with Gasteiger partial charge in [0.15, 0.2) is 0 Å². The van der Waals surface area contributed by atoms with Crippen LogP contribution in [0, 0.1) is 0 Å². The van der Waals surface area contributed by atoms with Crippen LogP contribution in [0.25, 0.3) is 0 Å². The van der Waals surface area contributed by atoms with E-state index in [4.69, 9.17) is 0 Å². The number of carbonyl (C=O) groups is 1. The van der Waals surface area contributed by atoms with Crippen LogP contribution in [-0.2, 0) is 11.2 Å². The minimum atomic E-state index is -0.0164. The average Bonchev–Trinajstić information content (AvgIpc) is 2.74. The number of rotatable bonds is 3. The normalized spacial score (nSPS) is 19.4. The summed E-state index contributed by atoms with van der Waals surface area (Å²) in [6.07, 6.45) is 3.40. The van der Waals surface area contributed by atoms with Crippen molar-refractivity contribution in [1.29, 1.82) is 0 Å². The molecular weight excluding hydrogens is 244 g/mol. The van der Waals surface area contributed by atoms with E-state index in [1.165, 1.54) is 23.3 Å². The van der Waals surface area contributed by atoms with Crippen molar-refractivity contribution in [3.05, 3.63) is 21.9 Å². The van der Waals surface area contributed by atoms with Crippen molar-refractivity contribution < 1.29 is 4.79 Å². The summed E-state index contributed by atoms with van der Waals surface area (Å²) in [4.78, 5) is 13.4. The Morgan fingerprint density at radius 2 is 2.28 bits per heavy atom. The van der Waals surface area contributed by atoms with Gasteiger partial charge in [0, 0.05) is 10.4 Å². The molecule has 0 bridgehead atoms. The van der Waals surface area contributed by atoms with Gasteiger partial charge in [-0.25, -0.2) is 0 Å². The smallest absolute Gasteiger partial charge is 0.234 e. The number of hydrogen-bond donors (Lipinski definition) is 2. The summed E-state index contributed by atoms with van der Waals surface area (Å²) >= 11 is 1.81. The van der Waals surface area contributed by atoms with Gasteiger partial charge in [-0.15, -0.1) is 11.3 Å². The van der Waals surface area contributed by atoms with E-state index >= 15 is 0 Å². The molecular formula is C14H22N2OS. The van der Waals surface area contributed by atoms with Gasteiger partial charge in [0.25, 0.3) is 0 Å². The zero-order valence-corrected chi connectivity index (χ0v) is 12.2. The highest BCUT2D eigenvalue weighted by Gasteiger charge is 2.22. The Bertz CT molecular complexity index is 420. The van der Waals surface area contributed by atoms with Crippen molar-refractivity contribution in [3.63, 3.8) is 0 Å². The summed E-state index contributed by atoms with van der Waals surface area (Å²) in [6.45, 7) is 6.59. The lowest BCUT2D eigenvalue weighted by Crippen LogP contribution is -2.44. The molecule has 0 spiro atoms. The van der Waals surface area contributed by atoms with Crippen LogP contribution in [0.15, 0.2) is 11.4 Å². The molecule has 2 rings (SSSR count). The number of thiophene rings is 1. The molecule has 2 N–H and O–H groups in total. The molecule has 1 heterocycles. The number of carbonyl (C=O) groups excluding carboxylic acids is 1. The van der Waals surface area contributed by atoms with Crippen LogP contribution in [0.5, 0.6) is 0 Å². The minimum absolute atomic E-state index is 0.0164. The maximum atomic E-state index is 11.9. The number of amides is 1. The van der Waals surface area contributed by atoms with E-state index in [0.29, 0.717) is 6.54 Å². The summed E-state index contributed by atoms with van der Waals surface area (Å²) in [6, 6.07) is 2.37. The molecule has 0 aliphatic heterocycles. The van der Waals surface area contributed by atoms with Gasteiger partial charge in [-0.1, -0.05) is 0 Å².